The second kappa shape index (κ2) is 10.7. The second-order valence-corrected chi connectivity index (χ2v) is 6.62. The number of rotatable bonds is 5. The number of nitrogens with zero attached hydrogens (tertiary/aromatic N) is 3. The topological polar surface area (TPSA) is 52.6 Å². The minimum Gasteiger partial charge on any atom is -0.357 e. The van der Waals surface area contributed by atoms with Gasteiger partial charge in [-0.2, -0.15) is 0 Å². The summed E-state index contributed by atoms with van der Waals surface area (Å²) >= 11 is 6.25. The fraction of sp³-hybridized carbons (Fsp3) is 0.368. The maximum atomic E-state index is 13.3. The van der Waals surface area contributed by atoms with Gasteiger partial charge in [-0.3, -0.25) is 0 Å². The molecule has 0 bridgehead atoms. The van der Waals surface area contributed by atoms with Gasteiger partial charge < -0.3 is 15.5 Å². The van der Waals surface area contributed by atoms with Crippen molar-refractivity contribution in [2.75, 3.05) is 24.5 Å². The Hall–Kier alpha value is -1.61. The van der Waals surface area contributed by atoms with Crippen LogP contribution in [0.1, 0.15) is 18.9 Å². The van der Waals surface area contributed by atoms with E-state index in [2.05, 4.69) is 25.5 Å². The van der Waals surface area contributed by atoms with Gasteiger partial charge in [-0.15, -0.1) is 24.0 Å². The Morgan fingerprint density at radius 2 is 2.22 bits per heavy atom. The molecular formula is C19H24ClFIN5. The van der Waals surface area contributed by atoms with Crippen LogP contribution >= 0.6 is 35.6 Å². The maximum Gasteiger partial charge on any atom is 0.191 e. The molecule has 3 rings (SSSR count). The van der Waals surface area contributed by atoms with Crippen molar-refractivity contribution in [2.24, 2.45) is 4.99 Å². The predicted molar refractivity (Wildman–Crippen MR) is 120 cm³/mol. The number of pyridine rings is 1. The quantitative estimate of drug-likeness (QED) is 0.370. The molecule has 2 aromatic rings. The van der Waals surface area contributed by atoms with Gasteiger partial charge in [0.15, 0.2) is 5.96 Å². The molecule has 8 heteroatoms. The van der Waals surface area contributed by atoms with Crippen molar-refractivity contribution < 1.29 is 4.39 Å². The highest BCUT2D eigenvalue weighted by Gasteiger charge is 2.25. The minimum absolute atomic E-state index is 0. The third kappa shape index (κ3) is 6.21. The number of anilines is 1. The van der Waals surface area contributed by atoms with E-state index < -0.39 is 0 Å². The van der Waals surface area contributed by atoms with Crippen LogP contribution in [0.15, 0.2) is 47.6 Å². The van der Waals surface area contributed by atoms with Gasteiger partial charge in [-0.1, -0.05) is 23.7 Å². The number of guanidine groups is 1. The van der Waals surface area contributed by atoms with Gasteiger partial charge >= 0.3 is 0 Å². The molecule has 1 aromatic carbocycles. The Labute approximate surface area is 181 Å². The van der Waals surface area contributed by atoms with Crippen molar-refractivity contribution in [3.05, 3.63) is 59.0 Å². The molecule has 1 aliphatic heterocycles. The summed E-state index contributed by atoms with van der Waals surface area (Å²) < 4.78 is 13.3. The molecule has 27 heavy (non-hydrogen) atoms. The Morgan fingerprint density at radius 1 is 1.37 bits per heavy atom. The van der Waals surface area contributed by atoms with Crippen LogP contribution in [-0.4, -0.2) is 36.6 Å². The molecule has 2 heterocycles. The zero-order valence-electron chi connectivity index (χ0n) is 15.2. The SMILES string of the molecule is CCNC(=NCc1cccc(F)c1)NC1CCN(c2ncccc2Cl)C1.I. The predicted octanol–water partition coefficient (Wildman–Crippen LogP) is 3.83. The fourth-order valence-electron chi connectivity index (χ4n) is 3.00. The summed E-state index contributed by atoms with van der Waals surface area (Å²) in [5, 5.41) is 7.37. The third-order valence-electron chi connectivity index (χ3n) is 4.22. The molecule has 1 aromatic heterocycles. The molecule has 1 fully saturated rings. The highest BCUT2D eigenvalue weighted by molar-refractivity contribution is 14.0. The summed E-state index contributed by atoms with van der Waals surface area (Å²) in [7, 11) is 0. The first-order valence-corrected chi connectivity index (χ1v) is 9.18. The molecule has 2 N–H and O–H groups in total. The number of nitrogens with one attached hydrogen (secondary N) is 2. The molecule has 1 saturated heterocycles. The van der Waals surface area contributed by atoms with E-state index in [-0.39, 0.29) is 35.8 Å². The first kappa shape index (κ1) is 21.7. The van der Waals surface area contributed by atoms with Gasteiger partial charge in [-0.25, -0.2) is 14.4 Å². The Bertz CT molecular complexity index is 773. The van der Waals surface area contributed by atoms with Crippen molar-refractivity contribution >= 4 is 47.4 Å². The van der Waals surface area contributed by atoms with Crippen molar-refractivity contribution in [2.45, 2.75) is 25.9 Å². The summed E-state index contributed by atoms with van der Waals surface area (Å²) in [6.45, 7) is 4.90. The zero-order valence-corrected chi connectivity index (χ0v) is 18.2. The van der Waals surface area contributed by atoms with E-state index in [4.69, 9.17) is 11.6 Å². The molecular weight excluding hydrogens is 480 g/mol. The van der Waals surface area contributed by atoms with Gasteiger partial charge in [-0.05, 0) is 43.2 Å². The lowest BCUT2D eigenvalue weighted by molar-refractivity contribution is 0.625. The average molecular weight is 504 g/mol. The Morgan fingerprint density at radius 3 is 2.96 bits per heavy atom. The standard InChI is InChI=1S/C19H23ClFN5.HI/c1-2-22-19(24-12-14-5-3-6-15(21)11-14)25-16-8-10-26(13-16)18-17(20)7-4-9-23-18;/h3-7,9,11,16H,2,8,10,12-13H2,1H3,(H2,22,24,25);1H. The van der Waals surface area contributed by atoms with Crippen LogP contribution in [0.2, 0.25) is 5.02 Å². The van der Waals surface area contributed by atoms with Gasteiger partial charge in [0.2, 0.25) is 0 Å². The van der Waals surface area contributed by atoms with E-state index in [0.29, 0.717) is 11.6 Å². The monoisotopic (exact) mass is 503 g/mol. The number of aromatic nitrogens is 1. The fourth-order valence-corrected chi connectivity index (χ4v) is 3.24. The largest absolute Gasteiger partial charge is 0.357 e. The molecule has 0 spiro atoms. The number of aliphatic imine (C=N–C) groups is 1. The van der Waals surface area contributed by atoms with E-state index in [1.165, 1.54) is 12.1 Å². The van der Waals surface area contributed by atoms with Crippen LogP contribution in [-0.2, 0) is 6.54 Å². The molecule has 0 aliphatic carbocycles. The number of hydrogen-bond donors (Lipinski definition) is 2. The number of benzene rings is 1. The highest BCUT2D eigenvalue weighted by atomic mass is 127. The van der Waals surface area contributed by atoms with E-state index in [1.54, 1.807) is 12.3 Å². The Kier molecular flexibility index (Phi) is 8.56. The highest BCUT2D eigenvalue weighted by Crippen LogP contribution is 2.25. The molecule has 0 amide bonds. The first-order chi connectivity index (χ1) is 12.7. The Balaban J connectivity index is 0.00000261. The second-order valence-electron chi connectivity index (χ2n) is 6.21. The van der Waals surface area contributed by atoms with Gasteiger partial charge in [0.25, 0.3) is 0 Å². The lowest BCUT2D eigenvalue weighted by atomic mass is 10.2. The number of halogens is 3. The van der Waals surface area contributed by atoms with Gasteiger partial charge in [0.05, 0.1) is 11.6 Å². The van der Waals surface area contributed by atoms with Crippen LogP contribution in [0.3, 0.4) is 0 Å². The van der Waals surface area contributed by atoms with Crippen LogP contribution < -0.4 is 15.5 Å². The van der Waals surface area contributed by atoms with Crippen LogP contribution in [0, 0.1) is 5.82 Å². The zero-order chi connectivity index (χ0) is 18.4. The van der Waals surface area contributed by atoms with Crippen molar-refractivity contribution in [1.29, 1.82) is 0 Å². The van der Waals surface area contributed by atoms with Crippen LogP contribution in [0.5, 0.6) is 0 Å². The van der Waals surface area contributed by atoms with Crippen LogP contribution in [0.4, 0.5) is 10.2 Å². The molecule has 1 atom stereocenters. The summed E-state index contributed by atoms with van der Waals surface area (Å²) in [4.78, 5) is 11.1. The lowest BCUT2D eigenvalue weighted by Crippen LogP contribution is -2.44. The average Bonchev–Trinajstić information content (AvgIpc) is 3.09. The minimum atomic E-state index is -0.241. The van der Waals surface area contributed by atoms with Crippen LogP contribution in [0.25, 0.3) is 0 Å². The normalized spacial score (nSPS) is 16.8. The first-order valence-electron chi connectivity index (χ1n) is 8.80. The van der Waals surface area contributed by atoms with E-state index in [1.807, 2.05) is 25.1 Å². The molecule has 146 valence electrons. The summed E-state index contributed by atoms with van der Waals surface area (Å²) in [6.07, 6.45) is 2.73. The smallest absolute Gasteiger partial charge is 0.191 e. The third-order valence-corrected chi connectivity index (χ3v) is 4.52. The summed E-state index contributed by atoms with van der Waals surface area (Å²) in [5.74, 6) is 1.31. The molecule has 0 saturated carbocycles. The van der Waals surface area contributed by atoms with E-state index >= 15 is 0 Å². The molecule has 1 unspecified atom stereocenters. The van der Waals surface area contributed by atoms with Gasteiger partial charge in [0, 0.05) is 31.9 Å². The van der Waals surface area contributed by atoms with Crippen molar-refractivity contribution in [3.63, 3.8) is 0 Å². The molecule has 0 radical (unpaired) electrons. The van der Waals surface area contributed by atoms with E-state index in [0.717, 1.165) is 43.4 Å². The summed E-state index contributed by atoms with van der Waals surface area (Å²) in [6, 6.07) is 10.5. The van der Waals surface area contributed by atoms with E-state index in [9.17, 15) is 4.39 Å². The lowest BCUT2D eigenvalue weighted by Gasteiger charge is -2.20. The number of hydrogen-bond acceptors (Lipinski definition) is 3. The van der Waals surface area contributed by atoms with Crippen molar-refractivity contribution in [1.82, 2.24) is 15.6 Å². The van der Waals surface area contributed by atoms with Gasteiger partial charge in [0.1, 0.15) is 11.6 Å². The maximum absolute atomic E-state index is 13.3. The molecule has 5 nitrogen and oxygen atoms in total. The molecule has 1 aliphatic rings. The van der Waals surface area contributed by atoms with Crippen molar-refractivity contribution in [3.8, 4) is 0 Å². The summed E-state index contributed by atoms with van der Waals surface area (Å²) in [5.41, 5.74) is 0.843.